The summed E-state index contributed by atoms with van der Waals surface area (Å²) in [6.45, 7) is 13.5. The number of hydrogen-bond donors (Lipinski definition) is 1. The topological polar surface area (TPSA) is 41.6 Å². The minimum Gasteiger partial charge on any atom is -0.490 e. The lowest BCUT2D eigenvalue weighted by Crippen LogP contribution is -2.51. The van der Waals surface area contributed by atoms with Gasteiger partial charge in [-0.1, -0.05) is 56.7 Å². The highest BCUT2D eigenvalue weighted by Crippen LogP contribution is 2.50. The molecule has 4 nitrogen and oxygen atoms in total. The van der Waals surface area contributed by atoms with Gasteiger partial charge in [0.1, 0.15) is 5.75 Å². The number of fused-ring (bicyclic) bond motifs is 4. The van der Waals surface area contributed by atoms with Crippen molar-refractivity contribution in [1.29, 1.82) is 0 Å². The van der Waals surface area contributed by atoms with E-state index < -0.39 is 0 Å². The maximum atomic E-state index is 13.4. The van der Waals surface area contributed by atoms with Gasteiger partial charge in [-0.25, -0.2) is 0 Å². The lowest BCUT2D eigenvalue weighted by Gasteiger charge is -2.50. The molecule has 6 rings (SSSR count). The SMILES string of the molecule is C=CCC1/C=C/CC(C)C(C)SNC(=O)c2ccc3c(c2)N(CC2C(C)CC12)CC1(CCCc2cc(Cl)ccc21)CO3. The van der Waals surface area contributed by atoms with Crippen molar-refractivity contribution in [1.82, 2.24) is 4.72 Å². The van der Waals surface area contributed by atoms with Gasteiger partial charge in [-0.3, -0.25) is 9.52 Å². The number of ether oxygens (including phenoxy) is 1. The Bertz CT molecular complexity index is 1360. The number of hydrogen-bond acceptors (Lipinski definition) is 4. The highest BCUT2D eigenvalue weighted by molar-refractivity contribution is 7.98. The van der Waals surface area contributed by atoms with Crippen LogP contribution in [0.5, 0.6) is 5.75 Å². The molecule has 2 aromatic rings. The summed E-state index contributed by atoms with van der Waals surface area (Å²) in [4.78, 5) is 16.0. The predicted octanol–water partition coefficient (Wildman–Crippen LogP) is 8.64. The number of allylic oxidation sites excluding steroid dienone is 3. The second-order valence-electron chi connectivity index (χ2n) is 13.4. The van der Waals surface area contributed by atoms with Crippen LogP contribution in [0.4, 0.5) is 5.69 Å². The van der Waals surface area contributed by atoms with Crippen molar-refractivity contribution >= 4 is 35.1 Å². The number of nitrogens with one attached hydrogen (secondary N) is 1. The number of rotatable bonds is 2. The highest BCUT2D eigenvalue weighted by atomic mass is 35.5. The molecule has 2 aliphatic carbocycles. The van der Waals surface area contributed by atoms with Crippen LogP contribution in [0.1, 0.15) is 74.4 Å². The van der Waals surface area contributed by atoms with Gasteiger partial charge < -0.3 is 9.64 Å². The average molecular weight is 605 g/mol. The first kappa shape index (κ1) is 29.7. The van der Waals surface area contributed by atoms with Gasteiger partial charge in [0.15, 0.2) is 0 Å². The van der Waals surface area contributed by atoms with Crippen molar-refractivity contribution in [2.24, 2.45) is 29.6 Å². The van der Waals surface area contributed by atoms with Crippen molar-refractivity contribution in [2.45, 2.75) is 70.0 Å². The van der Waals surface area contributed by atoms with Gasteiger partial charge in [0.2, 0.25) is 0 Å². The Morgan fingerprint density at radius 2 is 2.02 bits per heavy atom. The lowest BCUT2D eigenvalue weighted by molar-refractivity contribution is 0.0555. The van der Waals surface area contributed by atoms with Crippen molar-refractivity contribution in [3.8, 4) is 5.75 Å². The molecule has 224 valence electrons. The third-order valence-corrected chi connectivity index (χ3v) is 12.0. The number of aryl methyl sites for hydroxylation is 1. The minimum absolute atomic E-state index is 0.0398. The number of carbonyl (C=O) groups excluding carboxylic acids is 1. The minimum atomic E-state index is -0.120. The Hall–Kier alpha value is -2.37. The number of halogens is 1. The van der Waals surface area contributed by atoms with E-state index in [0.29, 0.717) is 47.0 Å². The van der Waals surface area contributed by atoms with Crippen LogP contribution in [0.3, 0.4) is 0 Å². The van der Waals surface area contributed by atoms with Crippen LogP contribution in [0.2, 0.25) is 5.02 Å². The largest absolute Gasteiger partial charge is 0.490 e. The fraction of sp³-hybridized carbons (Fsp3) is 0.528. The molecule has 4 aliphatic rings. The Balaban J connectivity index is 1.42. The van der Waals surface area contributed by atoms with E-state index in [2.05, 4.69) is 73.4 Å². The summed E-state index contributed by atoms with van der Waals surface area (Å²) in [6, 6.07) is 12.5. The van der Waals surface area contributed by atoms with Gasteiger partial charge in [-0.15, -0.1) is 6.58 Å². The molecule has 1 N–H and O–H groups in total. The van der Waals surface area contributed by atoms with E-state index in [1.165, 1.54) is 29.5 Å². The summed E-state index contributed by atoms with van der Waals surface area (Å²) in [6.07, 6.45) is 13.5. The molecule has 7 unspecified atom stereocenters. The zero-order valence-electron chi connectivity index (χ0n) is 25.3. The third-order valence-electron chi connectivity index (χ3n) is 10.7. The summed E-state index contributed by atoms with van der Waals surface area (Å²) in [5, 5.41) is 1.11. The van der Waals surface area contributed by atoms with E-state index in [0.717, 1.165) is 61.7 Å². The fourth-order valence-corrected chi connectivity index (χ4v) is 8.84. The lowest BCUT2D eigenvalue weighted by atomic mass is 9.59. The maximum Gasteiger partial charge on any atom is 0.261 e. The summed E-state index contributed by atoms with van der Waals surface area (Å²) in [5.41, 5.74) is 4.35. The van der Waals surface area contributed by atoms with Crippen LogP contribution in [0.25, 0.3) is 0 Å². The molecule has 1 amide bonds. The van der Waals surface area contributed by atoms with Crippen LogP contribution in [-0.2, 0) is 11.8 Å². The van der Waals surface area contributed by atoms with E-state index in [4.69, 9.17) is 16.3 Å². The van der Waals surface area contributed by atoms with Gasteiger partial charge >= 0.3 is 0 Å². The van der Waals surface area contributed by atoms with Gasteiger partial charge in [0.25, 0.3) is 5.91 Å². The zero-order valence-corrected chi connectivity index (χ0v) is 26.9. The monoisotopic (exact) mass is 604 g/mol. The first-order valence-corrected chi connectivity index (χ1v) is 17.1. The van der Waals surface area contributed by atoms with E-state index in [1.54, 1.807) is 0 Å². The van der Waals surface area contributed by atoms with Crippen LogP contribution >= 0.6 is 23.5 Å². The zero-order chi connectivity index (χ0) is 29.4. The van der Waals surface area contributed by atoms with E-state index in [1.807, 2.05) is 18.2 Å². The molecule has 0 saturated heterocycles. The van der Waals surface area contributed by atoms with Gasteiger partial charge in [0.05, 0.1) is 12.3 Å². The molecular formula is C36H45ClN2O2S. The second kappa shape index (κ2) is 12.3. The van der Waals surface area contributed by atoms with Gasteiger partial charge in [-0.05, 0) is 122 Å². The van der Waals surface area contributed by atoms with Crippen LogP contribution in [-0.4, -0.2) is 30.9 Å². The molecule has 2 bridgehead atoms. The number of nitrogens with zero attached hydrogens (tertiary/aromatic N) is 1. The van der Waals surface area contributed by atoms with Crippen molar-refractivity contribution in [2.75, 3.05) is 24.6 Å². The Labute approximate surface area is 261 Å². The molecule has 0 aromatic heterocycles. The molecule has 2 heterocycles. The fourth-order valence-electron chi connectivity index (χ4n) is 7.89. The summed E-state index contributed by atoms with van der Waals surface area (Å²) >= 11 is 7.99. The van der Waals surface area contributed by atoms with Crippen molar-refractivity contribution < 1.29 is 9.53 Å². The molecule has 1 saturated carbocycles. The standard InChI is InChI=1S/C36H45ClN2O2S/c1-5-8-26-10-6-9-23(2)25(4)42-38-35(40)28-12-15-34-33(19-28)39(20-31-24(3)17-30(26)31)21-36(22-41-34)16-7-11-27-18-29(37)13-14-32(27)36/h5-6,10,12-15,18-19,23-26,30-31H,1,7-9,11,16-17,20-22H2,2-4H3,(H,38,40)/b10-6+. The molecule has 2 aliphatic heterocycles. The molecule has 2 aromatic carbocycles. The smallest absolute Gasteiger partial charge is 0.261 e. The van der Waals surface area contributed by atoms with Crippen molar-refractivity contribution in [3.63, 3.8) is 0 Å². The van der Waals surface area contributed by atoms with Crippen LogP contribution in [0.15, 0.2) is 61.2 Å². The second-order valence-corrected chi connectivity index (χ2v) is 15.0. The van der Waals surface area contributed by atoms with E-state index in [9.17, 15) is 4.79 Å². The van der Waals surface area contributed by atoms with Crippen LogP contribution < -0.4 is 14.4 Å². The Morgan fingerprint density at radius 1 is 1.17 bits per heavy atom. The van der Waals surface area contributed by atoms with E-state index in [-0.39, 0.29) is 11.3 Å². The summed E-state index contributed by atoms with van der Waals surface area (Å²) < 4.78 is 9.84. The molecule has 7 atom stereocenters. The highest BCUT2D eigenvalue weighted by Gasteiger charge is 2.46. The Morgan fingerprint density at radius 3 is 2.83 bits per heavy atom. The number of amides is 1. The summed E-state index contributed by atoms with van der Waals surface area (Å²) in [7, 11) is 0. The molecule has 6 heteroatoms. The Kier molecular flexibility index (Phi) is 8.71. The molecule has 1 spiro atoms. The number of benzene rings is 2. The first-order valence-electron chi connectivity index (χ1n) is 15.8. The summed E-state index contributed by atoms with van der Waals surface area (Å²) in [5.74, 6) is 3.64. The molecule has 1 fully saturated rings. The number of carbonyl (C=O) groups is 1. The maximum absolute atomic E-state index is 13.4. The molecule has 42 heavy (non-hydrogen) atoms. The van der Waals surface area contributed by atoms with Crippen molar-refractivity contribution in [3.05, 3.63) is 82.9 Å². The van der Waals surface area contributed by atoms with Gasteiger partial charge in [0, 0.05) is 34.3 Å². The average Bonchev–Trinajstić information content (AvgIpc) is 3.13. The van der Waals surface area contributed by atoms with Gasteiger partial charge in [-0.2, -0.15) is 0 Å². The first-order chi connectivity index (χ1) is 20.3. The molecule has 0 radical (unpaired) electrons. The predicted molar refractivity (Wildman–Crippen MR) is 177 cm³/mol. The quantitative estimate of drug-likeness (QED) is 0.275. The number of anilines is 1. The third kappa shape index (κ3) is 5.76. The van der Waals surface area contributed by atoms with Crippen LogP contribution in [0, 0.1) is 29.6 Å². The normalized spacial score (nSPS) is 33.7. The molecular weight excluding hydrogens is 560 g/mol. The van der Waals surface area contributed by atoms with E-state index >= 15 is 0 Å².